The lowest BCUT2D eigenvalue weighted by molar-refractivity contribution is -0.131. The number of rotatable bonds is 9. The lowest BCUT2D eigenvalue weighted by atomic mass is 10.1. The minimum Gasteiger partial charge on any atom is -0.478 e. The molecule has 25 nitrogen and oxygen atoms in total. The summed E-state index contributed by atoms with van der Waals surface area (Å²) in [7, 11) is 0. The van der Waals surface area contributed by atoms with Crippen LogP contribution in [0.5, 0.6) is 0 Å². The third-order valence-electron chi connectivity index (χ3n) is 18.7. The third-order valence-corrected chi connectivity index (χ3v) is 18.7. The molecule has 15 N–H and O–H groups in total. The number of aromatic amines is 4. The molecule has 0 aliphatic heterocycles. The molecule has 0 saturated carbocycles. The third kappa shape index (κ3) is 19.7. The fourth-order valence-electron chi connectivity index (χ4n) is 13.3. The van der Waals surface area contributed by atoms with Gasteiger partial charge in [-0.3, -0.25) is 20.4 Å². The average Bonchev–Trinajstić information content (AvgIpc) is 1.60. The molecule has 11 aromatic carbocycles. The summed E-state index contributed by atoms with van der Waals surface area (Å²) in [5, 5.41) is 51.0. The number of carboxylic acid groups (broad SMARTS) is 1. The van der Waals surface area contributed by atoms with Crippen molar-refractivity contribution in [2.24, 2.45) is 5.73 Å². The number of ether oxygens (including phenoxy) is 2. The number of para-hydroxylation sites is 1. The Labute approximate surface area is 698 Å². The van der Waals surface area contributed by atoms with Gasteiger partial charge in [-0.05, 0) is 216 Å². The zero-order chi connectivity index (χ0) is 87.0. The molecule has 618 valence electrons. The van der Waals surface area contributed by atoms with Crippen molar-refractivity contribution in [2.45, 2.75) is 59.3 Å². The Kier molecular flexibility index (Phi) is 24.1. The van der Waals surface area contributed by atoms with Gasteiger partial charge in [0.1, 0.15) is 85.8 Å². The van der Waals surface area contributed by atoms with E-state index in [2.05, 4.69) is 56.0 Å². The normalized spacial score (nSPS) is 11.3. The zero-order valence-corrected chi connectivity index (χ0v) is 66.9. The van der Waals surface area contributed by atoms with Crippen LogP contribution in [-0.2, 0) is 20.8 Å². The number of benzene rings is 11. The maximum atomic E-state index is 13.6. The number of hydrogen-bond donors (Lipinski definition) is 10. The summed E-state index contributed by atoms with van der Waals surface area (Å²) >= 11 is 0. The molecule has 0 aliphatic rings. The molecule has 0 bridgehead atoms. The van der Waals surface area contributed by atoms with Crippen molar-refractivity contribution < 1.29 is 50.9 Å². The maximum absolute atomic E-state index is 13.6. The van der Waals surface area contributed by atoms with E-state index in [0.717, 1.165) is 99.9 Å². The van der Waals surface area contributed by atoms with Gasteiger partial charge < -0.3 is 47.6 Å². The molecular formula is C93H80F5N19O6. The number of anilines is 4. The van der Waals surface area contributed by atoms with Crippen molar-refractivity contribution in [2.75, 3.05) is 22.9 Å². The monoisotopic (exact) mass is 1650 g/mol. The summed E-state index contributed by atoms with van der Waals surface area (Å²) in [6.07, 6.45) is 5.22. The first-order chi connectivity index (χ1) is 59.0. The number of carbonyl (C=O) groups excluding carboxylic acids is 2. The van der Waals surface area contributed by atoms with Crippen LogP contribution in [-0.4, -0.2) is 104 Å². The highest BCUT2D eigenvalue weighted by molar-refractivity contribution is 6.03. The van der Waals surface area contributed by atoms with Crippen LogP contribution in [0.4, 0.5) is 54.3 Å². The molecule has 0 fully saturated rings. The zero-order valence-electron chi connectivity index (χ0n) is 66.9. The first-order valence-corrected chi connectivity index (χ1v) is 38.3. The van der Waals surface area contributed by atoms with Crippen LogP contribution in [0.1, 0.15) is 52.7 Å². The van der Waals surface area contributed by atoms with Gasteiger partial charge in [-0.15, -0.1) is 0 Å². The molecule has 123 heavy (non-hydrogen) atoms. The predicted octanol–water partition coefficient (Wildman–Crippen LogP) is 20.1. The minimum atomic E-state index is -1.01. The van der Waals surface area contributed by atoms with Crippen LogP contribution in [0.25, 0.3) is 145 Å². The summed E-state index contributed by atoms with van der Waals surface area (Å²) in [5.74, 6) is -2.52. The van der Waals surface area contributed by atoms with Gasteiger partial charge in [0, 0.05) is 102 Å². The van der Waals surface area contributed by atoms with Gasteiger partial charge in [-0.2, -0.15) is 40.0 Å². The van der Waals surface area contributed by atoms with Crippen molar-refractivity contribution in [1.82, 2.24) is 69.7 Å². The van der Waals surface area contributed by atoms with Gasteiger partial charge in [0.15, 0.2) is 0 Å². The van der Waals surface area contributed by atoms with Crippen LogP contribution >= 0.6 is 0 Å². The summed E-state index contributed by atoms with van der Waals surface area (Å²) in [6.45, 7) is 11.3. The number of fused-ring (bicyclic) bond motifs is 7. The van der Waals surface area contributed by atoms with Crippen molar-refractivity contribution in [1.29, 1.82) is 0 Å². The van der Waals surface area contributed by atoms with Crippen LogP contribution < -0.4 is 28.7 Å². The van der Waals surface area contributed by atoms with Crippen LogP contribution in [0.15, 0.2) is 267 Å². The van der Waals surface area contributed by atoms with E-state index in [-0.39, 0.29) is 29.1 Å². The number of aliphatic carboxylic acids is 1. The Balaban J connectivity index is 0.000000121. The molecule has 0 atom stereocenters. The lowest BCUT2D eigenvalue weighted by Gasteiger charge is -2.19. The lowest BCUT2D eigenvalue weighted by Crippen LogP contribution is -2.27. The number of halogens is 5. The van der Waals surface area contributed by atoms with Crippen molar-refractivity contribution in [3.8, 4) is 67.7 Å². The molecule has 19 aromatic rings. The Bertz CT molecular complexity index is 7140. The fourth-order valence-corrected chi connectivity index (χ4v) is 13.3. The Morgan fingerprint density at radius 3 is 1.36 bits per heavy atom. The number of nitrogens with one attached hydrogen (secondary N) is 4. The van der Waals surface area contributed by atoms with E-state index >= 15 is 0 Å². The molecule has 30 heteroatoms. The number of hydrogen-bond acceptors (Lipinski definition) is 17. The molecule has 0 unspecified atom stereocenters. The summed E-state index contributed by atoms with van der Waals surface area (Å²) in [5.41, 5.74) is 45.3. The van der Waals surface area contributed by atoms with E-state index in [1.54, 1.807) is 118 Å². The molecule has 19 rings (SSSR count). The van der Waals surface area contributed by atoms with Crippen molar-refractivity contribution in [3.05, 3.63) is 307 Å². The Morgan fingerprint density at radius 1 is 0.423 bits per heavy atom. The number of H-pyrrole nitrogens is 4. The van der Waals surface area contributed by atoms with E-state index in [4.69, 9.17) is 43.2 Å². The second kappa shape index (κ2) is 35.6. The molecule has 0 spiro atoms. The highest BCUT2D eigenvalue weighted by Crippen LogP contribution is 2.36. The van der Waals surface area contributed by atoms with E-state index in [1.165, 1.54) is 76.1 Å². The van der Waals surface area contributed by atoms with E-state index < -0.39 is 29.4 Å². The molecule has 0 amide bonds. The number of carboxylic acids is 1. The number of carbonyl (C=O) groups is 3. The molecular weight excluding hydrogens is 1570 g/mol. The number of nitrogens with zero attached hydrogens (tertiary/aromatic N) is 10. The first kappa shape index (κ1) is 83.4. The Hall–Kier alpha value is -16.1. The predicted molar refractivity (Wildman–Crippen MR) is 470 cm³/mol. The first-order valence-electron chi connectivity index (χ1n) is 38.3. The average molecular weight is 1650 g/mol. The van der Waals surface area contributed by atoms with Gasteiger partial charge in [0.25, 0.3) is 0 Å². The number of imidazole rings is 1. The molecule has 0 aliphatic carbocycles. The number of nitrogen functional groups attached to an aromatic ring is 4. The molecule has 8 heterocycles. The van der Waals surface area contributed by atoms with Gasteiger partial charge >= 0.3 is 18.2 Å². The quantitative estimate of drug-likeness (QED) is 0.0364. The number of pyridine rings is 1. The second-order valence-electron chi connectivity index (χ2n) is 30.1. The summed E-state index contributed by atoms with van der Waals surface area (Å²) in [4.78, 5) is 40.2. The second-order valence-corrected chi connectivity index (χ2v) is 30.1. The van der Waals surface area contributed by atoms with Crippen molar-refractivity contribution >= 4 is 118 Å². The highest BCUT2D eigenvalue weighted by atomic mass is 19.1. The fraction of sp³-hybridized carbons (Fsp3) is 0.0968. The smallest absolute Gasteiger partial charge is 0.435 e. The largest absolute Gasteiger partial charge is 0.478 e. The standard InChI is InChI=1S/C19H19N5O2.C18H18FN3O2.C16H11FN2O2.C14H12FN3.2C13H10FN3/c1-19(2,3)26-18(25)24-15-8-7-12(20)10-13(15)17(22-24)14-11-23-9-5-4-6-16(23)21-14;1-18(2,3)24-17(23)22-15-8-7-13(20)10-14(15)16(21-22)11-5-4-6-12(19)9-11;17-12-3-1-2-11(9-12)16-13-8-10(5-7-15(20)21)4-6-14(13)18-19-16;15-11-3-1-2-10(7-11)14-12-6-9(8-16)4-5-13(12)17-18-14;14-9-4-1-3-8(7-9)12-10-5-2-6-11(15)13(10)17-16-12;14-9-3-1-2-8(6-9)13-11-5-4-10(15)7-12(11)16-17-13/h4-11H,20H2,1-3H3;4-10H,20H2,1-3H3;1-9H,(H,18,19)(H,20,21);1-7H,8,16H2,(H,17,18);2*1-7H,15H2,(H,16,17)/b;;7-5+;;;. The summed E-state index contributed by atoms with van der Waals surface area (Å²) in [6, 6.07) is 69.9. The number of aromatic nitrogens is 14. The van der Waals surface area contributed by atoms with E-state index in [0.29, 0.717) is 85.3 Å². The minimum absolute atomic E-state index is 0.265. The Morgan fingerprint density at radius 2 is 0.862 bits per heavy atom. The van der Waals surface area contributed by atoms with E-state index in [1.807, 2.05) is 129 Å². The van der Waals surface area contributed by atoms with E-state index in [9.17, 15) is 36.3 Å². The SMILES string of the molecule is CC(C)(C)OC(=O)n1nc(-c2cccc(F)c2)c2cc(N)ccc21.CC(C)(C)OC(=O)n1nc(-c2cn3ccccc3n2)c2cc(N)ccc21.NCc1ccc2[nH]nc(-c3cccc(F)c3)c2c1.Nc1ccc2c(-c3cccc(F)c3)n[nH]c2c1.Nc1cccc2c(-c3cccc(F)c3)n[nH]c12.O=C(O)/C=C/c1ccc2[nH]nc(-c3cccc(F)c3)c2c1. The van der Waals surface area contributed by atoms with Crippen LogP contribution in [0.2, 0.25) is 0 Å². The number of nitrogens with two attached hydrogens (primary N) is 5. The van der Waals surface area contributed by atoms with Crippen molar-refractivity contribution in [3.63, 3.8) is 0 Å². The summed E-state index contributed by atoms with van der Waals surface area (Å²) < 4.78 is 81.7. The van der Waals surface area contributed by atoms with Gasteiger partial charge in [-0.25, -0.2) is 41.3 Å². The highest BCUT2D eigenvalue weighted by Gasteiger charge is 2.26. The molecule has 8 aromatic heterocycles. The van der Waals surface area contributed by atoms with Gasteiger partial charge in [0.2, 0.25) is 0 Å². The molecule has 0 radical (unpaired) electrons. The van der Waals surface area contributed by atoms with Gasteiger partial charge in [0.05, 0.1) is 38.8 Å². The maximum Gasteiger partial charge on any atom is 0.435 e. The van der Waals surface area contributed by atoms with Crippen LogP contribution in [0, 0.1) is 29.1 Å². The topological polar surface area (TPSA) is 388 Å². The van der Waals surface area contributed by atoms with Gasteiger partial charge in [-0.1, -0.05) is 91.0 Å². The molecule has 0 saturated heterocycles. The van der Waals surface area contributed by atoms with Crippen LogP contribution in [0.3, 0.4) is 0 Å².